The lowest BCUT2D eigenvalue weighted by atomic mass is 9.76. The summed E-state index contributed by atoms with van der Waals surface area (Å²) in [7, 11) is -4.37. The zero-order chi connectivity index (χ0) is 40.4. The van der Waals surface area contributed by atoms with E-state index in [1.165, 1.54) is 0 Å². The van der Waals surface area contributed by atoms with Gasteiger partial charge in [0, 0.05) is 0 Å². The molecule has 3 aromatic carbocycles. The van der Waals surface area contributed by atoms with E-state index in [4.69, 9.17) is 13.6 Å². The SMILES string of the molecule is CCC(C)(C)c1cc(OP(=O)(Oc2cc(C(C)(C)CC)cc(C(C)(C)CC)c2)Oc2cc(C(C)(C)CC)cc(C(C)(C)CC)c2)cc(C(C)(C)CC)c1. The molecule has 0 N–H and O–H groups in total. The normalized spacial score (nSPS) is 13.6. The molecule has 296 valence electrons. The third-order valence-electron chi connectivity index (χ3n) is 13.4. The first-order valence-electron chi connectivity index (χ1n) is 20.4. The van der Waals surface area contributed by atoms with Crippen molar-refractivity contribution in [2.24, 2.45) is 0 Å². The molecular formula is C48H75O4P. The standard InChI is InChI=1S/C48H75O4P/c1-19-43(7,8)34-25-35(44(9,10)20-2)29-40(28-34)50-53(49,51-41-30-36(45(11,12)21-3)26-37(31-41)46(13,14)22-4)52-42-32-38(47(15,16)23-5)27-39(33-42)48(17,18)24-6/h25-33H,19-24H2,1-18H3. The third kappa shape index (κ3) is 10.5. The van der Waals surface area contributed by atoms with Crippen molar-refractivity contribution in [3.05, 3.63) is 88.0 Å². The Kier molecular flexibility index (Phi) is 13.6. The van der Waals surface area contributed by atoms with E-state index in [0.717, 1.165) is 71.9 Å². The van der Waals surface area contributed by atoms with Crippen LogP contribution in [-0.4, -0.2) is 0 Å². The first-order chi connectivity index (χ1) is 24.2. The molecule has 0 heterocycles. The largest absolute Gasteiger partial charge is 0.647 e. The van der Waals surface area contributed by atoms with Gasteiger partial charge in [-0.2, -0.15) is 4.57 Å². The van der Waals surface area contributed by atoms with Crippen LogP contribution in [0, 0.1) is 0 Å². The summed E-state index contributed by atoms with van der Waals surface area (Å²) in [4.78, 5) is 0. The average molecular weight is 747 g/mol. The summed E-state index contributed by atoms with van der Waals surface area (Å²) < 4.78 is 35.7. The second kappa shape index (κ2) is 16.2. The van der Waals surface area contributed by atoms with E-state index in [9.17, 15) is 0 Å². The molecule has 0 fully saturated rings. The molecule has 3 rings (SSSR count). The summed E-state index contributed by atoms with van der Waals surface area (Å²) in [5.74, 6) is 1.46. The van der Waals surface area contributed by atoms with Crippen LogP contribution in [0.3, 0.4) is 0 Å². The highest BCUT2D eigenvalue weighted by atomic mass is 31.2. The summed E-state index contributed by atoms with van der Waals surface area (Å²) in [5.41, 5.74) is 6.10. The lowest BCUT2D eigenvalue weighted by Gasteiger charge is -2.31. The predicted molar refractivity (Wildman–Crippen MR) is 229 cm³/mol. The first kappa shape index (κ1) is 44.7. The molecule has 0 radical (unpaired) electrons. The van der Waals surface area contributed by atoms with Crippen molar-refractivity contribution in [2.45, 2.75) is 196 Å². The maximum atomic E-state index is 15.6. The fraction of sp³-hybridized carbons (Fsp3) is 0.625. The maximum absolute atomic E-state index is 15.6. The van der Waals surface area contributed by atoms with Crippen LogP contribution in [0.5, 0.6) is 17.2 Å². The summed E-state index contributed by atoms with van der Waals surface area (Å²) >= 11 is 0. The Morgan fingerprint density at radius 2 is 0.491 bits per heavy atom. The Bertz CT molecular complexity index is 1450. The monoisotopic (exact) mass is 747 g/mol. The number of hydrogen-bond acceptors (Lipinski definition) is 4. The van der Waals surface area contributed by atoms with Crippen molar-refractivity contribution in [1.29, 1.82) is 0 Å². The van der Waals surface area contributed by atoms with E-state index in [2.05, 4.69) is 143 Å². The van der Waals surface area contributed by atoms with Gasteiger partial charge in [-0.05, 0) is 141 Å². The molecule has 0 aromatic heterocycles. The minimum atomic E-state index is -4.37. The number of hydrogen-bond donors (Lipinski definition) is 0. The van der Waals surface area contributed by atoms with E-state index in [1.54, 1.807) is 0 Å². The Morgan fingerprint density at radius 1 is 0.340 bits per heavy atom. The average Bonchev–Trinajstić information content (AvgIpc) is 3.10. The second-order valence-corrected chi connectivity index (χ2v) is 20.8. The third-order valence-corrected chi connectivity index (χ3v) is 14.7. The molecule has 0 atom stereocenters. The van der Waals surface area contributed by atoms with Gasteiger partial charge < -0.3 is 13.6 Å². The van der Waals surface area contributed by atoms with Crippen LogP contribution in [0.4, 0.5) is 0 Å². The number of phosphoric ester groups is 1. The van der Waals surface area contributed by atoms with Gasteiger partial charge in [-0.25, -0.2) is 0 Å². The Hall–Kier alpha value is -2.71. The van der Waals surface area contributed by atoms with E-state index in [1.807, 2.05) is 36.4 Å². The number of rotatable bonds is 18. The smallest absolute Gasteiger partial charge is 0.386 e. The van der Waals surface area contributed by atoms with Crippen LogP contribution in [0.15, 0.2) is 54.6 Å². The minimum absolute atomic E-state index is 0.120. The molecule has 0 saturated heterocycles. The van der Waals surface area contributed by atoms with E-state index in [0.29, 0.717) is 17.2 Å². The topological polar surface area (TPSA) is 44.8 Å². The molecule has 0 unspecified atom stereocenters. The van der Waals surface area contributed by atoms with Crippen molar-refractivity contribution >= 4 is 7.82 Å². The summed E-state index contributed by atoms with van der Waals surface area (Å²) in [5, 5.41) is 0. The van der Waals surface area contributed by atoms with Crippen LogP contribution < -0.4 is 13.6 Å². The number of phosphoric acid groups is 1. The van der Waals surface area contributed by atoms with Crippen LogP contribution in [0.1, 0.15) is 197 Å². The Balaban J connectivity index is 2.39. The highest BCUT2D eigenvalue weighted by molar-refractivity contribution is 7.49. The fourth-order valence-electron chi connectivity index (χ4n) is 5.97. The van der Waals surface area contributed by atoms with Gasteiger partial charge in [0.1, 0.15) is 17.2 Å². The van der Waals surface area contributed by atoms with Crippen molar-refractivity contribution in [3.8, 4) is 17.2 Å². The van der Waals surface area contributed by atoms with Gasteiger partial charge in [-0.3, -0.25) is 0 Å². The summed E-state index contributed by atoms with van der Waals surface area (Å²) in [6, 6.07) is 19.0. The molecule has 5 heteroatoms. The Morgan fingerprint density at radius 3 is 0.623 bits per heavy atom. The molecule has 4 nitrogen and oxygen atoms in total. The summed E-state index contributed by atoms with van der Waals surface area (Å²) in [6.45, 7) is 40.2. The molecule has 0 aliphatic heterocycles. The van der Waals surface area contributed by atoms with Crippen LogP contribution in [-0.2, 0) is 37.1 Å². The molecule has 0 saturated carbocycles. The van der Waals surface area contributed by atoms with Gasteiger partial charge in [0.25, 0.3) is 0 Å². The van der Waals surface area contributed by atoms with Gasteiger partial charge in [-0.1, -0.05) is 143 Å². The minimum Gasteiger partial charge on any atom is -0.386 e. The maximum Gasteiger partial charge on any atom is 0.647 e. The van der Waals surface area contributed by atoms with E-state index >= 15 is 4.57 Å². The quantitative estimate of drug-likeness (QED) is 0.122. The number of benzene rings is 3. The molecular weight excluding hydrogens is 671 g/mol. The summed E-state index contributed by atoms with van der Waals surface area (Å²) in [6.07, 6.45) is 5.66. The van der Waals surface area contributed by atoms with Crippen molar-refractivity contribution < 1.29 is 18.1 Å². The first-order valence-corrected chi connectivity index (χ1v) is 21.9. The van der Waals surface area contributed by atoms with E-state index in [-0.39, 0.29) is 32.5 Å². The van der Waals surface area contributed by atoms with Crippen molar-refractivity contribution in [2.75, 3.05) is 0 Å². The van der Waals surface area contributed by atoms with Crippen LogP contribution in [0.25, 0.3) is 0 Å². The van der Waals surface area contributed by atoms with Gasteiger partial charge in [0.05, 0.1) is 0 Å². The molecule has 0 amide bonds. The van der Waals surface area contributed by atoms with Crippen LogP contribution in [0.2, 0.25) is 0 Å². The fourth-order valence-corrected chi connectivity index (χ4v) is 7.17. The molecule has 3 aromatic rings. The lowest BCUT2D eigenvalue weighted by molar-refractivity contribution is 0.296. The van der Waals surface area contributed by atoms with Crippen molar-refractivity contribution in [1.82, 2.24) is 0 Å². The predicted octanol–water partition coefficient (Wildman–Crippen LogP) is 15.5. The van der Waals surface area contributed by atoms with Gasteiger partial charge in [0.2, 0.25) is 0 Å². The highest BCUT2D eigenvalue weighted by Crippen LogP contribution is 2.53. The van der Waals surface area contributed by atoms with Gasteiger partial charge >= 0.3 is 7.82 Å². The molecule has 0 spiro atoms. The zero-order valence-electron chi connectivity index (χ0n) is 37.0. The van der Waals surface area contributed by atoms with Crippen molar-refractivity contribution in [3.63, 3.8) is 0 Å². The lowest BCUT2D eigenvalue weighted by Crippen LogP contribution is -2.21. The van der Waals surface area contributed by atoms with Crippen LogP contribution >= 0.6 is 7.82 Å². The molecule has 0 bridgehead atoms. The molecule has 53 heavy (non-hydrogen) atoms. The highest BCUT2D eigenvalue weighted by Gasteiger charge is 2.37. The Labute approximate surface area is 325 Å². The zero-order valence-corrected chi connectivity index (χ0v) is 37.9. The van der Waals surface area contributed by atoms with E-state index < -0.39 is 7.82 Å². The molecule has 0 aliphatic carbocycles. The van der Waals surface area contributed by atoms with Gasteiger partial charge in [0.15, 0.2) is 0 Å². The second-order valence-electron chi connectivity index (χ2n) is 19.4. The van der Waals surface area contributed by atoms with Gasteiger partial charge in [-0.15, -0.1) is 0 Å². The molecule has 0 aliphatic rings.